The van der Waals surface area contributed by atoms with Gasteiger partial charge in [0, 0.05) is 30.1 Å². The minimum absolute atomic E-state index is 0.0549. The van der Waals surface area contributed by atoms with Gasteiger partial charge in [0.1, 0.15) is 47.5 Å². The standard InChI is InChI=1S/C38H56O13/c1-18(40)51-33(2,3)13-12-25(42)38(9,48)30-21(41)15-35(6)24-11-10-19-20(37(24,8)26(43)16-36(30,35)7)14-22(31(47)34(19,4)5)49-32-29(46)28(45)27(44)23(17-39)50-32/h10,12-13,20-24,27-30,32,39,41,44-46,48H,11,14-17H2,1-9H3/b13-12+/t20-,21-,22+,23-,24+,27+,28-,29-,30+,32+,35+,36-,37+,38+/m1/s1. The van der Waals surface area contributed by atoms with Crippen LogP contribution < -0.4 is 0 Å². The monoisotopic (exact) mass is 720 g/mol. The second-order valence-corrected chi connectivity index (χ2v) is 17.6. The second kappa shape index (κ2) is 12.9. The number of carbonyl (C=O) groups is 4. The van der Waals surface area contributed by atoms with E-state index in [0.717, 1.165) is 11.6 Å². The molecular formula is C38H56O13. The average Bonchev–Trinajstić information content (AvgIpc) is 3.22. The van der Waals surface area contributed by atoms with Crippen LogP contribution in [0.4, 0.5) is 0 Å². The van der Waals surface area contributed by atoms with Crippen molar-refractivity contribution in [1.82, 2.24) is 0 Å². The van der Waals surface area contributed by atoms with Crippen LogP contribution in [-0.2, 0) is 33.4 Å². The summed E-state index contributed by atoms with van der Waals surface area (Å²) in [4.78, 5) is 54.0. The minimum atomic E-state index is -2.08. The number of hydrogen-bond acceptors (Lipinski definition) is 13. The lowest BCUT2D eigenvalue weighted by atomic mass is 9.38. The highest BCUT2D eigenvalue weighted by Gasteiger charge is 2.74. The van der Waals surface area contributed by atoms with Crippen LogP contribution >= 0.6 is 0 Å². The summed E-state index contributed by atoms with van der Waals surface area (Å²) in [6, 6.07) is 0. The van der Waals surface area contributed by atoms with Crippen molar-refractivity contribution in [3.63, 3.8) is 0 Å². The molecule has 1 heterocycles. The lowest BCUT2D eigenvalue weighted by molar-refractivity contribution is -0.311. The van der Waals surface area contributed by atoms with Gasteiger partial charge < -0.3 is 44.8 Å². The van der Waals surface area contributed by atoms with Gasteiger partial charge in [-0.15, -0.1) is 0 Å². The van der Waals surface area contributed by atoms with E-state index < -0.39 is 106 Å². The number of carbonyl (C=O) groups excluding carboxylic acids is 4. The first kappa shape index (κ1) is 39.8. The highest BCUT2D eigenvalue weighted by molar-refractivity contribution is 5.98. The smallest absolute Gasteiger partial charge is 0.303 e. The molecule has 0 aromatic carbocycles. The highest BCUT2D eigenvalue weighted by Crippen LogP contribution is 2.74. The van der Waals surface area contributed by atoms with Gasteiger partial charge in [0.05, 0.1) is 12.7 Å². The van der Waals surface area contributed by atoms with Crippen LogP contribution in [0.15, 0.2) is 23.8 Å². The van der Waals surface area contributed by atoms with Crippen LogP contribution in [0.5, 0.6) is 0 Å². The largest absolute Gasteiger partial charge is 0.456 e. The Hall–Kier alpha value is -2.36. The van der Waals surface area contributed by atoms with Crippen molar-refractivity contribution in [2.24, 2.45) is 39.4 Å². The molecule has 1 saturated heterocycles. The predicted octanol–water partition coefficient (Wildman–Crippen LogP) is 1.32. The van der Waals surface area contributed by atoms with Gasteiger partial charge in [0.15, 0.2) is 17.9 Å². The Balaban J connectivity index is 1.48. The maximum atomic E-state index is 14.8. The Morgan fingerprint density at radius 3 is 2.22 bits per heavy atom. The molecule has 0 spiro atoms. The van der Waals surface area contributed by atoms with Crippen molar-refractivity contribution in [2.75, 3.05) is 6.61 Å². The third kappa shape index (κ3) is 6.00. The number of ketones is 3. The van der Waals surface area contributed by atoms with E-state index in [4.69, 9.17) is 14.2 Å². The number of aliphatic hydroxyl groups is 6. The van der Waals surface area contributed by atoms with E-state index in [1.54, 1.807) is 27.7 Å². The summed E-state index contributed by atoms with van der Waals surface area (Å²) < 4.78 is 16.9. The fraction of sp³-hybridized carbons (Fsp3) is 0.789. The van der Waals surface area contributed by atoms with Crippen LogP contribution in [0, 0.1) is 39.4 Å². The van der Waals surface area contributed by atoms with Crippen molar-refractivity contribution in [2.45, 2.75) is 142 Å². The zero-order chi connectivity index (χ0) is 38.4. The summed E-state index contributed by atoms with van der Waals surface area (Å²) >= 11 is 0. The van der Waals surface area contributed by atoms with Crippen molar-refractivity contribution in [1.29, 1.82) is 0 Å². The summed E-state index contributed by atoms with van der Waals surface area (Å²) in [5.41, 5.74) is -6.34. The van der Waals surface area contributed by atoms with Gasteiger partial charge in [-0.1, -0.05) is 32.4 Å². The Kier molecular flexibility index (Phi) is 10.1. The fourth-order valence-electron chi connectivity index (χ4n) is 10.8. The maximum absolute atomic E-state index is 14.8. The Bertz CT molecular complexity index is 1510. The average molecular weight is 721 g/mol. The van der Waals surface area contributed by atoms with E-state index in [1.807, 2.05) is 26.8 Å². The van der Waals surface area contributed by atoms with E-state index in [-0.39, 0.29) is 36.7 Å². The predicted molar refractivity (Wildman–Crippen MR) is 180 cm³/mol. The van der Waals surface area contributed by atoms with E-state index in [2.05, 4.69) is 0 Å². The topological polar surface area (TPSA) is 217 Å². The third-order valence-electron chi connectivity index (χ3n) is 13.7. The molecular weight excluding hydrogens is 664 g/mol. The van der Waals surface area contributed by atoms with E-state index in [9.17, 15) is 49.8 Å². The molecule has 4 aliphatic carbocycles. The molecule has 3 saturated carbocycles. The van der Waals surface area contributed by atoms with Crippen molar-refractivity contribution in [3.8, 4) is 0 Å². The molecule has 6 N–H and O–H groups in total. The third-order valence-corrected chi connectivity index (χ3v) is 13.7. The van der Waals surface area contributed by atoms with E-state index in [0.29, 0.717) is 6.42 Å². The number of esters is 1. The molecule has 286 valence electrons. The number of hydrogen-bond donors (Lipinski definition) is 6. The Labute approximate surface area is 299 Å². The zero-order valence-electron chi connectivity index (χ0n) is 31.1. The summed E-state index contributed by atoms with van der Waals surface area (Å²) in [5.74, 6) is -3.56. The van der Waals surface area contributed by atoms with Crippen LogP contribution in [0.2, 0.25) is 0 Å². The number of rotatable bonds is 8. The molecule has 0 amide bonds. The van der Waals surface area contributed by atoms with Crippen LogP contribution in [0.1, 0.15) is 88.0 Å². The first-order valence-corrected chi connectivity index (χ1v) is 17.9. The summed E-state index contributed by atoms with van der Waals surface area (Å²) in [5, 5.41) is 64.7. The second-order valence-electron chi connectivity index (χ2n) is 17.6. The van der Waals surface area contributed by atoms with Crippen molar-refractivity contribution >= 4 is 23.3 Å². The number of fused-ring (bicyclic) bond motifs is 5. The SMILES string of the molecule is CC(=O)OC(C)(C)/C=C/C(=O)[C@](C)(O)[C@H]1[C@H](O)C[C@@]2(C)[C@@H]3CC=C4[C@@H](C[C@H](O[C@H]5O[C@H](CO)[C@H](O)[C@@H](O)[C@H]5O)C(=O)C4(C)C)[C@]3(C)C(=O)C[C@]12C. The molecule has 0 radical (unpaired) electrons. The van der Waals surface area contributed by atoms with Crippen molar-refractivity contribution < 1.29 is 64.0 Å². The molecule has 0 aromatic heterocycles. The van der Waals surface area contributed by atoms with Crippen LogP contribution in [0.3, 0.4) is 0 Å². The molecule has 5 rings (SSSR count). The lowest BCUT2D eigenvalue weighted by Gasteiger charge is -2.64. The van der Waals surface area contributed by atoms with Gasteiger partial charge in [-0.2, -0.15) is 0 Å². The van der Waals surface area contributed by atoms with E-state index in [1.165, 1.54) is 19.9 Å². The van der Waals surface area contributed by atoms with Gasteiger partial charge in [-0.05, 0) is 88.7 Å². The molecule has 0 aromatic rings. The minimum Gasteiger partial charge on any atom is -0.456 e. The molecule has 14 atom stereocenters. The summed E-state index contributed by atoms with van der Waals surface area (Å²) in [6.45, 7) is 14.4. The normalized spacial score (nSPS) is 45.0. The number of allylic oxidation sites excluding steroid dienone is 2. The van der Waals surface area contributed by atoms with E-state index >= 15 is 0 Å². The zero-order valence-corrected chi connectivity index (χ0v) is 31.1. The Morgan fingerprint density at radius 1 is 1.00 bits per heavy atom. The molecule has 51 heavy (non-hydrogen) atoms. The number of ether oxygens (including phenoxy) is 3. The molecule has 4 fully saturated rings. The van der Waals surface area contributed by atoms with Gasteiger partial charge in [0.25, 0.3) is 0 Å². The van der Waals surface area contributed by atoms with Crippen LogP contribution in [-0.4, -0.2) is 115 Å². The molecule has 13 heteroatoms. The molecule has 0 bridgehead atoms. The number of aliphatic hydroxyl groups excluding tert-OH is 5. The van der Waals surface area contributed by atoms with Crippen LogP contribution in [0.25, 0.3) is 0 Å². The highest BCUT2D eigenvalue weighted by atomic mass is 16.7. The number of Topliss-reactive ketones (excluding diaryl/α,β-unsaturated/α-hetero) is 2. The lowest BCUT2D eigenvalue weighted by Crippen LogP contribution is -2.66. The van der Waals surface area contributed by atoms with Gasteiger partial charge in [-0.25, -0.2) is 0 Å². The maximum Gasteiger partial charge on any atom is 0.303 e. The quantitative estimate of drug-likeness (QED) is 0.119. The molecule has 0 unspecified atom stereocenters. The summed E-state index contributed by atoms with van der Waals surface area (Å²) in [7, 11) is 0. The van der Waals surface area contributed by atoms with Gasteiger partial charge in [0.2, 0.25) is 0 Å². The molecule has 5 aliphatic rings. The summed E-state index contributed by atoms with van der Waals surface area (Å²) in [6.07, 6.45) is -4.90. The van der Waals surface area contributed by atoms with Gasteiger partial charge in [-0.3, -0.25) is 19.2 Å². The molecule has 1 aliphatic heterocycles. The first-order valence-electron chi connectivity index (χ1n) is 17.9. The first-order chi connectivity index (χ1) is 23.3. The fourth-order valence-corrected chi connectivity index (χ4v) is 10.8. The van der Waals surface area contributed by atoms with Gasteiger partial charge >= 0.3 is 5.97 Å². The Morgan fingerprint density at radius 2 is 1.63 bits per heavy atom. The van der Waals surface area contributed by atoms with Crippen molar-refractivity contribution in [3.05, 3.63) is 23.8 Å². The molecule has 13 nitrogen and oxygen atoms in total.